The maximum Gasteiger partial charge on any atom is 0.339 e. The monoisotopic (exact) mass is 284 g/mol. The van der Waals surface area contributed by atoms with Crippen molar-refractivity contribution in [2.45, 2.75) is 6.61 Å². The third kappa shape index (κ3) is 4.11. The minimum absolute atomic E-state index is 0.0717. The van der Waals surface area contributed by atoms with E-state index >= 15 is 0 Å². The molecule has 0 aromatic heterocycles. The summed E-state index contributed by atoms with van der Waals surface area (Å²) in [5, 5.41) is 9.21. The Bertz CT molecular complexity index is 620. The fourth-order valence-corrected chi connectivity index (χ4v) is 1.78. The second-order valence-corrected chi connectivity index (χ2v) is 4.34. The second kappa shape index (κ2) is 7.14. The van der Waals surface area contributed by atoms with Gasteiger partial charge in [0, 0.05) is 0 Å². The zero-order valence-electron chi connectivity index (χ0n) is 11.5. The quantitative estimate of drug-likeness (QED) is 0.790. The van der Waals surface area contributed by atoms with Crippen LogP contribution in [0.3, 0.4) is 0 Å². The van der Waals surface area contributed by atoms with Crippen LogP contribution in [-0.4, -0.2) is 17.7 Å². The number of carboxylic acid groups (broad SMARTS) is 1. The van der Waals surface area contributed by atoms with Gasteiger partial charge in [-0.15, -0.1) is 0 Å². The summed E-state index contributed by atoms with van der Waals surface area (Å²) in [6, 6.07) is 14.4. The normalized spacial score (nSPS) is 9.90. The zero-order valence-corrected chi connectivity index (χ0v) is 11.5. The molecule has 0 aliphatic heterocycles. The molecule has 0 heterocycles. The van der Waals surface area contributed by atoms with Gasteiger partial charge in [0.05, 0.1) is 0 Å². The van der Waals surface area contributed by atoms with Crippen molar-refractivity contribution in [2.75, 3.05) is 6.61 Å². The van der Waals surface area contributed by atoms with Crippen molar-refractivity contribution in [1.82, 2.24) is 0 Å². The third-order valence-corrected chi connectivity index (χ3v) is 2.79. The molecule has 0 aliphatic rings. The van der Waals surface area contributed by atoms with Gasteiger partial charge in [-0.3, -0.25) is 0 Å². The summed E-state index contributed by atoms with van der Waals surface area (Å²) in [5.41, 5.74) is 1.09. The van der Waals surface area contributed by atoms with Crippen molar-refractivity contribution in [2.24, 2.45) is 0 Å². The Hall–Kier alpha value is -2.75. The number of carbonyl (C=O) groups is 1. The molecule has 1 N–H and O–H groups in total. The van der Waals surface area contributed by atoms with E-state index < -0.39 is 5.97 Å². The first-order valence-electron chi connectivity index (χ1n) is 6.48. The summed E-state index contributed by atoms with van der Waals surface area (Å²) in [6.07, 6.45) is 1.56. The van der Waals surface area contributed by atoms with Gasteiger partial charge in [-0.1, -0.05) is 43.0 Å². The van der Waals surface area contributed by atoms with Gasteiger partial charge in [0.15, 0.2) is 0 Å². The fraction of sp³-hybridized carbons (Fsp3) is 0.118. The summed E-state index contributed by atoms with van der Waals surface area (Å²) in [6.45, 7) is 4.17. The summed E-state index contributed by atoms with van der Waals surface area (Å²) in [4.78, 5) is 11.2. The first-order valence-corrected chi connectivity index (χ1v) is 6.48. The van der Waals surface area contributed by atoms with Crippen LogP contribution in [0.5, 0.6) is 11.5 Å². The number of rotatable bonds is 7. The molecule has 2 aromatic carbocycles. The maximum atomic E-state index is 11.2. The van der Waals surface area contributed by atoms with Crippen LogP contribution in [-0.2, 0) is 6.61 Å². The number of hydrogen-bond donors (Lipinski definition) is 1. The number of carboxylic acids is 1. The first kappa shape index (κ1) is 14.7. The van der Waals surface area contributed by atoms with Crippen LogP contribution < -0.4 is 9.47 Å². The van der Waals surface area contributed by atoms with Crippen molar-refractivity contribution in [3.05, 3.63) is 72.3 Å². The summed E-state index contributed by atoms with van der Waals surface area (Å²) in [7, 11) is 0. The van der Waals surface area contributed by atoms with E-state index in [1.165, 1.54) is 6.07 Å². The standard InChI is InChI=1S/C17H16O4/c1-2-10-20-16-9-8-14(11-15(16)17(18)19)21-12-13-6-4-3-5-7-13/h2-9,11H,1,10,12H2,(H,18,19). The Morgan fingerprint density at radius 3 is 2.57 bits per heavy atom. The van der Waals surface area contributed by atoms with Crippen molar-refractivity contribution in [3.63, 3.8) is 0 Å². The summed E-state index contributed by atoms with van der Waals surface area (Å²) >= 11 is 0. The molecule has 0 spiro atoms. The Labute approximate surface area is 123 Å². The highest BCUT2D eigenvalue weighted by Crippen LogP contribution is 2.25. The van der Waals surface area contributed by atoms with Crippen LogP contribution in [0.25, 0.3) is 0 Å². The molecule has 2 rings (SSSR count). The minimum Gasteiger partial charge on any atom is -0.489 e. The molecule has 0 aliphatic carbocycles. The van der Waals surface area contributed by atoms with Crippen LogP contribution in [0, 0.1) is 0 Å². The van der Waals surface area contributed by atoms with E-state index in [1.807, 2.05) is 30.3 Å². The highest BCUT2D eigenvalue weighted by molar-refractivity contribution is 5.91. The largest absolute Gasteiger partial charge is 0.489 e. The van der Waals surface area contributed by atoms with Crippen molar-refractivity contribution in [3.8, 4) is 11.5 Å². The van der Waals surface area contributed by atoms with E-state index in [1.54, 1.807) is 18.2 Å². The fourth-order valence-electron chi connectivity index (χ4n) is 1.78. The minimum atomic E-state index is -1.06. The second-order valence-electron chi connectivity index (χ2n) is 4.34. The first-order chi connectivity index (χ1) is 10.2. The summed E-state index contributed by atoms with van der Waals surface area (Å²) < 4.78 is 10.9. The molecule has 4 heteroatoms. The lowest BCUT2D eigenvalue weighted by atomic mass is 10.2. The molecule has 0 radical (unpaired) electrons. The number of hydrogen-bond acceptors (Lipinski definition) is 3. The highest BCUT2D eigenvalue weighted by Gasteiger charge is 2.12. The maximum absolute atomic E-state index is 11.2. The zero-order chi connectivity index (χ0) is 15.1. The molecule has 0 atom stereocenters. The molecule has 0 saturated heterocycles. The predicted molar refractivity (Wildman–Crippen MR) is 79.9 cm³/mol. The van der Waals surface area contributed by atoms with Gasteiger partial charge in [0.25, 0.3) is 0 Å². The lowest BCUT2D eigenvalue weighted by molar-refractivity contribution is 0.0692. The van der Waals surface area contributed by atoms with Crippen molar-refractivity contribution < 1.29 is 19.4 Å². The van der Waals surface area contributed by atoms with Crippen LogP contribution in [0.1, 0.15) is 15.9 Å². The molecule has 4 nitrogen and oxygen atoms in total. The molecule has 21 heavy (non-hydrogen) atoms. The molecular weight excluding hydrogens is 268 g/mol. The van der Waals surface area contributed by atoms with E-state index in [-0.39, 0.29) is 12.2 Å². The predicted octanol–water partition coefficient (Wildman–Crippen LogP) is 3.53. The van der Waals surface area contributed by atoms with Crippen LogP contribution in [0.2, 0.25) is 0 Å². The van der Waals surface area contributed by atoms with E-state index in [0.717, 1.165) is 5.56 Å². The molecular formula is C17H16O4. The average molecular weight is 284 g/mol. The Morgan fingerprint density at radius 1 is 1.14 bits per heavy atom. The van der Waals surface area contributed by atoms with Gasteiger partial charge in [0.1, 0.15) is 30.3 Å². The Kier molecular flexibility index (Phi) is 4.99. The van der Waals surface area contributed by atoms with Gasteiger partial charge in [-0.2, -0.15) is 0 Å². The molecule has 2 aromatic rings. The van der Waals surface area contributed by atoms with Crippen molar-refractivity contribution in [1.29, 1.82) is 0 Å². The van der Waals surface area contributed by atoms with Gasteiger partial charge >= 0.3 is 5.97 Å². The number of benzene rings is 2. The van der Waals surface area contributed by atoms with Crippen LogP contribution in [0.15, 0.2) is 61.2 Å². The highest BCUT2D eigenvalue weighted by atomic mass is 16.5. The van der Waals surface area contributed by atoms with Crippen molar-refractivity contribution >= 4 is 5.97 Å². The lowest BCUT2D eigenvalue weighted by Crippen LogP contribution is -2.04. The van der Waals surface area contributed by atoms with Crippen LogP contribution in [0.4, 0.5) is 0 Å². The van der Waals surface area contributed by atoms with E-state index in [4.69, 9.17) is 9.47 Å². The Balaban J connectivity index is 2.12. The molecule has 0 amide bonds. The molecule has 108 valence electrons. The smallest absolute Gasteiger partial charge is 0.339 e. The Morgan fingerprint density at radius 2 is 1.90 bits per heavy atom. The SMILES string of the molecule is C=CCOc1ccc(OCc2ccccc2)cc1C(=O)O. The van der Waals surface area contributed by atoms with Gasteiger partial charge in [-0.05, 0) is 23.8 Å². The lowest BCUT2D eigenvalue weighted by Gasteiger charge is -2.11. The van der Waals surface area contributed by atoms with E-state index in [0.29, 0.717) is 18.1 Å². The van der Waals surface area contributed by atoms with Gasteiger partial charge in [-0.25, -0.2) is 4.79 Å². The topological polar surface area (TPSA) is 55.8 Å². The van der Waals surface area contributed by atoms with Gasteiger partial charge < -0.3 is 14.6 Å². The van der Waals surface area contributed by atoms with E-state index in [2.05, 4.69) is 6.58 Å². The average Bonchev–Trinajstić information content (AvgIpc) is 2.52. The molecule has 0 unspecified atom stereocenters. The van der Waals surface area contributed by atoms with Gasteiger partial charge in [0.2, 0.25) is 0 Å². The number of ether oxygens (including phenoxy) is 2. The third-order valence-electron chi connectivity index (χ3n) is 2.79. The number of aromatic carboxylic acids is 1. The molecule has 0 bridgehead atoms. The van der Waals surface area contributed by atoms with E-state index in [9.17, 15) is 9.90 Å². The molecule has 0 fully saturated rings. The molecule has 0 saturated carbocycles. The van der Waals surface area contributed by atoms with Crippen LogP contribution >= 0.6 is 0 Å². The summed E-state index contributed by atoms with van der Waals surface area (Å²) in [5.74, 6) is -0.268.